The molecule has 0 aliphatic heterocycles. The first-order valence-electron chi connectivity index (χ1n) is 6.40. The summed E-state index contributed by atoms with van der Waals surface area (Å²) in [6.45, 7) is 7.50. The highest BCUT2D eigenvalue weighted by molar-refractivity contribution is 7.88. The Kier molecular flexibility index (Phi) is 5.71. The Morgan fingerprint density at radius 2 is 2.00 bits per heavy atom. The Hall–Kier alpha value is -1.40. The number of benzene rings is 1. The fraction of sp³-hybridized carbons (Fsp3) is 0.429. The maximum absolute atomic E-state index is 11.9. The number of amides is 1. The second kappa shape index (κ2) is 6.85. The van der Waals surface area contributed by atoms with E-state index in [9.17, 15) is 13.2 Å². The normalized spacial score (nSPS) is 13.2. The predicted octanol–water partition coefficient (Wildman–Crippen LogP) is 1.64. The zero-order valence-electron chi connectivity index (χ0n) is 12.0. The topological polar surface area (TPSA) is 75.3 Å². The number of carbonyl (C=O) groups is 1. The molecular weight excluding hydrogens is 276 g/mol. The molecule has 0 heterocycles. The van der Waals surface area contributed by atoms with E-state index in [2.05, 4.69) is 17.0 Å². The minimum absolute atomic E-state index is 0.0453. The molecule has 0 aliphatic carbocycles. The number of rotatable bonds is 6. The lowest BCUT2D eigenvalue weighted by Crippen LogP contribution is -2.30. The standard InChI is InChI=1S/C14H21N2O3S/c1-5-13(16-20(4,18)19)11-7-6-8-12(9-11)14(17)15-10(2)3/h6-10,13,16H,1,5H2,2-4H3,(H,15,17). The first-order chi connectivity index (χ1) is 9.23. The third-order valence-corrected chi connectivity index (χ3v) is 3.33. The highest BCUT2D eigenvalue weighted by Gasteiger charge is 2.16. The van der Waals surface area contributed by atoms with Crippen molar-refractivity contribution in [2.24, 2.45) is 0 Å². The molecule has 1 amide bonds. The molecule has 0 spiro atoms. The highest BCUT2D eigenvalue weighted by Crippen LogP contribution is 2.18. The van der Waals surface area contributed by atoms with E-state index in [1.54, 1.807) is 24.3 Å². The minimum atomic E-state index is -3.33. The summed E-state index contributed by atoms with van der Waals surface area (Å²) in [4.78, 5) is 11.9. The molecule has 111 valence electrons. The first-order valence-corrected chi connectivity index (χ1v) is 8.29. The van der Waals surface area contributed by atoms with Crippen LogP contribution in [0.3, 0.4) is 0 Å². The van der Waals surface area contributed by atoms with E-state index >= 15 is 0 Å². The molecule has 20 heavy (non-hydrogen) atoms. The van der Waals surface area contributed by atoms with Gasteiger partial charge in [-0.15, -0.1) is 0 Å². The van der Waals surface area contributed by atoms with E-state index in [4.69, 9.17) is 0 Å². The maximum Gasteiger partial charge on any atom is 0.251 e. The van der Waals surface area contributed by atoms with Gasteiger partial charge in [0.05, 0.1) is 6.26 Å². The smallest absolute Gasteiger partial charge is 0.251 e. The van der Waals surface area contributed by atoms with Gasteiger partial charge in [0.25, 0.3) is 5.91 Å². The molecule has 0 aromatic heterocycles. The van der Waals surface area contributed by atoms with Crippen LogP contribution in [0.25, 0.3) is 0 Å². The van der Waals surface area contributed by atoms with Crippen LogP contribution in [-0.2, 0) is 10.0 Å². The lowest BCUT2D eigenvalue weighted by Gasteiger charge is -2.17. The molecule has 1 aromatic rings. The van der Waals surface area contributed by atoms with E-state index in [0.29, 0.717) is 12.0 Å². The summed E-state index contributed by atoms with van der Waals surface area (Å²) >= 11 is 0. The van der Waals surface area contributed by atoms with Crippen LogP contribution in [0.1, 0.15) is 42.2 Å². The molecule has 1 aromatic carbocycles. The lowest BCUT2D eigenvalue weighted by atomic mass is 10.0. The first kappa shape index (κ1) is 16.7. The predicted molar refractivity (Wildman–Crippen MR) is 79.7 cm³/mol. The number of hydrogen-bond acceptors (Lipinski definition) is 3. The van der Waals surface area contributed by atoms with E-state index in [1.165, 1.54) is 0 Å². The van der Waals surface area contributed by atoms with Crippen LogP contribution < -0.4 is 10.0 Å². The molecule has 0 saturated carbocycles. The second-order valence-corrected chi connectivity index (χ2v) is 6.76. The van der Waals surface area contributed by atoms with Gasteiger partial charge < -0.3 is 5.32 Å². The molecule has 1 atom stereocenters. The van der Waals surface area contributed by atoms with Crippen LogP contribution in [-0.4, -0.2) is 26.6 Å². The summed E-state index contributed by atoms with van der Waals surface area (Å²) in [5.74, 6) is -0.177. The van der Waals surface area contributed by atoms with Crippen molar-refractivity contribution in [3.8, 4) is 0 Å². The summed E-state index contributed by atoms with van der Waals surface area (Å²) in [5.41, 5.74) is 1.23. The van der Waals surface area contributed by atoms with Gasteiger partial charge in [-0.1, -0.05) is 19.1 Å². The lowest BCUT2D eigenvalue weighted by molar-refractivity contribution is 0.0943. The molecule has 0 fully saturated rings. The van der Waals surface area contributed by atoms with Crippen molar-refractivity contribution in [2.75, 3.05) is 6.26 Å². The van der Waals surface area contributed by atoms with Crippen molar-refractivity contribution in [3.05, 3.63) is 42.3 Å². The number of carbonyl (C=O) groups excluding carboxylic acids is 1. The third-order valence-electron chi connectivity index (χ3n) is 2.62. The molecule has 1 rings (SSSR count). The maximum atomic E-state index is 11.9. The van der Waals surface area contributed by atoms with E-state index in [0.717, 1.165) is 11.8 Å². The van der Waals surface area contributed by atoms with Gasteiger partial charge in [0.15, 0.2) is 0 Å². The van der Waals surface area contributed by atoms with Crippen molar-refractivity contribution in [2.45, 2.75) is 32.4 Å². The van der Waals surface area contributed by atoms with Crippen LogP contribution in [0.5, 0.6) is 0 Å². The Labute approximate surface area is 120 Å². The Morgan fingerprint density at radius 3 is 2.50 bits per heavy atom. The fourth-order valence-corrected chi connectivity index (χ4v) is 2.56. The van der Waals surface area contributed by atoms with Gasteiger partial charge in [-0.2, -0.15) is 0 Å². The summed E-state index contributed by atoms with van der Waals surface area (Å²) in [7, 11) is -3.33. The van der Waals surface area contributed by atoms with Gasteiger partial charge in [0.1, 0.15) is 0 Å². The number of nitrogens with one attached hydrogen (secondary N) is 2. The third kappa shape index (κ3) is 5.30. The average Bonchev–Trinajstić information content (AvgIpc) is 2.34. The Balaban J connectivity index is 2.99. The molecule has 2 N–H and O–H groups in total. The molecule has 0 bridgehead atoms. The van der Waals surface area contributed by atoms with E-state index in [1.807, 2.05) is 13.8 Å². The SMILES string of the molecule is [CH2]CC(NS(C)(=O)=O)c1cccc(C(=O)NC(C)C)c1. The Morgan fingerprint density at radius 1 is 1.35 bits per heavy atom. The van der Waals surface area contributed by atoms with Gasteiger partial charge in [0.2, 0.25) is 10.0 Å². The van der Waals surface area contributed by atoms with E-state index < -0.39 is 16.1 Å². The van der Waals surface area contributed by atoms with Crippen molar-refractivity contribution < 1.29 is 13.2 Å². The zero-order chi connectivity index (χ0) is 15.3. The summed E-state index contributed by atoms with van der Waals surface area (Å²) < 4.78 is 25.1. The number of hydrogen-bond donors (Lipinski definition) is 2. The van der Waals surface area contributed by atoms with E-state index in [-0.39, 0.29) is 11.9 Å². The molecule has 6 heteroatoms. The van der Waals surface area contributed by atoms with Gasteiger partial charge in [-0.25, -0.2) is 13.1 Å². The molecule has 5 nitrogen and oxygen atoms in total. The van der Waals surface area contributed by atoms with Crippen LogP contribution >= 0.6 is 0 Å². The van der Waals surface area contributed by atoms with Gasteiger partial charge in [0, 0.05) is 17.6 Å². The van der Waals surface area contributed by atoms with Crippen molar-refractivity contribution >= 4 is 15.9 Å². The molecular formula is C14H21N2O3S. The monoisotopic (exact) mass is 297 g/mol. The summed E-state index contributed by atoms with van der Waals surface area (Å²) in [5, 5.41) is 2.80. The van der Waals surface area contributed by atoms with Crippen LogP contribution in [0.2, 0.25) is 0 Å². The van der Waals surface area contributed by atoms with Crippen molar-refractivity contribution in [1.29, 1.82) is 0 Å². The van der Waals surface area contributed by atoms with Crippen LogP contribution in [0.4, 0.5) is 0 Å². The van der Waals surface area contributed by atoms with Gasteiger partial charge >= 0.3 is 0 Å². The highest BCUT2D eigenvalue weighted by atomic mass is 32.2. The summed E-state index contributed by atoms with van der Waals surface area (Å²) in [6, 6.07) is 6.51. The minimum Gasteiger partial charge on any atom is -0.350 e. The fourth-order valence-electron chi connectivity index (χ4n) is 1.79. The van der Waals surface area contributed by atoms with Gasteiger partial charge in [-0.05, 0) is 38.0 Å². The largest absolute Gasteiger partial charge is 0.350 e. The van der Waals surface area contributed by atoms with Gasteiger partial charge in [-0.3, -0.25) is 4.79 Å². The molecule has 0 aliphatic rings. The Bertz CT molecular complexity index is 568. The van der Waals surface area contributed by atoms with Crippen molar-refractivity contribution in [3.63, 3.8) is 0 Å². The van der Waals surface area contributed by atoms with Crippen LogP contribution in [0, 0.1) is 6.92 Å². The quantitative estimate of drug-likeness (QED) is 0.838. The number of sulfonamides is 1. The molecule has 1 unspecified atom stereocenters. The average molecular weight is 297 g/mol. The van der Waals surface area contributed by atoms with Crippen molar-refractivity contribution in [1.82, 2.24) is 10.0 Å². The molecule has 1 radical (unpaired) electrons. The second-order valence-electron chi connectivity index (χ2n) is 4.98. The zero-order valence-corrected chi connectivity index (χ0v) is 12.8. The van der Waals surface area contributed by atoms with Crippen LogP contribution in [0.15, 0.2) is 24.3 Å². The molecule has 0 saturated heterocycles. The summed E-state index contributed by atoms with van der Waals surface area (Å²) in [6.07, 6.45) is 1.47.